The number of hydrogen-bond acceptors (Lipinski definition) is 5. The van der Waals surface area contributed by atoms with Gasteiger partial charge in [-0.15, -0.1) is 5.10 Å². The largest absolute Gasteiger partial charge is 0.346 e. The van der Waals surface area contributed by atoms with E-state index in [9.17, 15) is 18.0 Å². The van der Waals surface area contributed by atoms with Crippen molar-refractivity contribution in [3.8, 4) is 0 Å². The summed E-state index contributed by atoms with van der Waals surface area (Å²) in [5, 5.41) is 3.68. The van der Waals surface area contributed by atoms with Gasteiger partial charge in [-0.2, -0.15) is 0 Å². The summed E-state index contributed by atoms with van der Waals surface area (Å²) in [6, 6.07) is 4.97. The van der Waals surface area contributed by atoms with E-state index in [4.69, 9.17) is 0 Å². The summed E-state index contributed by atoms with van der Waals surface area (Å²) in [4.78, 5) is 23.6. The van der Waals surface area contributed by atoms with E-state index in [2.05, 4.69) is 9.82 Å². The summed E-state index contributed by atoms with van der Waals surface area (Å²) in [5.74, 6) is -0.425. The van der Waals surface area contributed by atoms with Gasteiger partial charge in [-0.25, -0.2) is 17.9 Å². The van der Waals surface area contributed by atoms with Crippen molar-refractivity contribution in [2.75, 3.05) is 4.72 Å². The Morgan fingerprint density at radius 3 is 2.41 bits per heavy atom. The van der Waals surface area contributed by atoms with Crippen LogP contribution in [0.15, 0.2) is 32.7 Å². The van der Waals surface area contributed by atoms with Gasteiger partial charge in [0.05, 0.1) is 4.90 Å². The molecule has 1 heterocycles. The number of aryl methyl sites for hydroxylation is 3. The molecule has 1 aromatic carbocycles. The highest BCUT2D eigenvalue weighted by Crippen LogP contribution is 2.18. The van der Waals surface area contributed by atoms with Crippen LogP contribution >= 0.6 is 0 Å². The molecule has 0 saturated carbocycles. The van der Waals surface area contributed by atoms with E-state index in [0.717, 1.165) is 14.8 Å². The standard InChI is InChI=1S/C13H16N4O4S/c1-8-5-6-9(2)10(7-8)22(20,21)15-11-12(18)16(3)13(19)17(4)14-11/h5-7H,1-4H3,(H,14,15). The van der Waals surface area contributed by atoms with Crippen LogP contribution in [0, 0.1) is 13.8 Å². The number of rotatable bonds is 3. The van der Waals surface area contributed by atoms with Crippen molar-refractivity contribution in [1.29, 1.82) is 0 Å². The molecule has 2 aromatic rings. The maximum Gasteiger partial charge on any atom is 0.346 e. The van der Waals surface area contributed by atoms with Crippen molar-refractivity contribution < 1.29 is 8.42 Å². The minimum absolute atomic E-state index is 0.0604. The lowest BCUT2D eigenvalue weighted by Crippen LogP contribution is -2.40. The van der Waals surface area contributed by atoms with Crippen LogP contribution in [-0.4, -0.2) is 22.8 Å². The number of nitrogens with zero attached hydrogens (tertiary/aromatic N) is 3. The molecule has 1 N–H and O–H groups in total. The molecular weight excluding hydrogens is 308 g/mol. The molecule has 9 heteroatoms. The Bertz CT molecular complexity index is 957. The Morgan fingerprint density at radius 2 is 1.77 bits per heavy atom. The molecular formula is C13H16N4O4S. The average molecular weight is 324 g/mol. The first-order valence-electron chi connectivity index (χ1n) is 6.38. The van der Waals surface area contributed by atoms with E-state index in [1.165, 1.54) is 20.2 Å². The van der Waals surface area contributed by atoms with Crippen LogP contribution in [0.4, 0.5) is 5.82 Å². The zero-order valence-electron chi connectivity index (χ0n) is 12.6. The Balaban J connectivity index is 2.57. The molecule has 118 valence electrons. The van der Waals surface area contributed by atoms with Crippen molar-refractivity contribution in [3.63, 3.8) is 0 Å². The quantitative estimate of drug-likeness (QED) is 0.849. The molecule has 22 heavy (non-hydrogen) atoms. The van der Waals surface area contributed by atoms with Crippen LogP contribution in [0.3, 0.4) is 0 Å². The predicted molar refractivity (Wildman–Crippen MR) is 81.4 cm³/mol. The summed E-state index contributed by atoms with van der Waals surface area (Å²) in [6.07, 6.45) is 0. The van der Waals surface area contributed by atoms with Crippen molar-refractivity contribution in [2.45, 2.75) is 18.7 Å². The fourth-order valence-corrected chi connectivity index (χ4v) is 3.27. The van der Waals surface area contributed by atoms with Crippen LogP contribution in [0.5, 0.6) is 0 Å². The first-order chi connectivity index (χ1) is 10.1. The highest BCUT2D eigenvalue weighted by Gasteiger charge is 2.20. The minimum atomic E-state index is -3.98. The van der Waals surface area contributed by atoms with Gasteiger partial charge in [0.15, 0.2) is 0 Å². The second-order valence-electron chi connectivity index (χ2n) is 4.99. The SMILES string of the molecule is Cc1ccc(C)c(S(=O)(=O)Nc2nn(C)c(=O)n(C)c2=O)c1. The van der Waals surface area contributed by atoms with Crippen LogP contribution in [0.25, 0.3) is 0 Å². The first-order valence-corrected chi connectivity index (χ1v) is 7.86. The molecule has 0 radical (unpaired) electrons. The van der Waals surface area contributed by atoms with Gasteiger partial charge < -0.3 is 0 Å². The molecule has 0 aliphatic heterocycles. The highest BCUT2D eigenvalue weighted by atomic mass is 32.2. The fraction of sp³-hybridized carbons (Fsp3) is 0.308. The minimum Gasteiger partial charge on any atom is -0.265 e. The topological polar surface area (TPSA) is 103 Å². The van der Waals surface area contributed by atoms with Crippen molar-refractivity contribution in [3.05, 3.63) is 50.2 Å². The number of nitrogens with one attached hydrogen (secondary N) is 1. The van der Waals surface area contributed by atoms with Gasteiger partial charge in [0.25, 0.3) is 15.6 Å². The van der Waals surface area contributed by atoms with Gasteiger partial charge in [-0.3, -0.25) is 14.1 Å². The second kappa shape index (κ2) is 5.41. The summed E-state index contributed by atoms with van der Waals surface area (Å²) >= 11 is 0. The molecule has 0 saturated heterocycles. The van der Waals surface area contributed by atoms with E-state index in [-0.39, 0.29) is 4.90 Å². The van der Waals surface area contributed by atoms with Crippen molar-refractivity contribution in [1.82, 2.24) is 14.3 Å². The van der Waals surface area contributed by atoms with Gasteiger partial charge in [-0.05, 0) is 31.0 Å². The Kier molecular flexibility index (Phi) is 3.92. The predicted octanol–water partition coefficient (Wildman–Crippen LogP) is -0.103. The second-order valence-corrected chi connectivity index (χ2v) is 6.64. The van der Waals surface area contributed by atoms with E-state index in [1.807, 2.05) is 0 Å². The zero-order valence-corrected chi connectivity index (χ0v) is 13.4. The molecule has 2 rings (SSSR count). The molecule has 0 spiro atoms. The number of benzene rings is 1. The summed E-state index contributed by atoms with van der Waals surface area (Å²) < 4.78 is 28.7. The molecule has 0 atom stereocenters. The van der Waals surface area contributed by atoms with E-state index in [0.29, 0.717) is 5.56 Å². The van der Waals surface area contributed by atoms with Crippen LogP contribution in [-0.2, 0) is 24.1 Å². The average Bonchev–Trinajstić information content (AvgIpc) is 2.44. The van der Waals surface area contributed by atoms with Crippen LogP contribution in [0.2, 0.25) is 0 Å². The van der Waals surface area contributed by atoms with Gasteiger partial charge in [-0.1, -0.05) is 12.1 Å². The highest BCUT2D eigenvalue weighted by molar-refractivity contribution is 7.92. The summed E-state index contributed by atoms with van der Waals surface area (Å²) in [5.41, 5.74) is -0.135. The van der Waals surface area contributed by atoms with Crippen molar-refractivity contribution >= 4 is 15.8 Å². The van der Waals surface area contributed by atoms with Gasteiger partial charge in [0.1, 0.15) is 0 Å². The third-order valence-corrected chi connectivity index (χ3v) is 4.67. The molecule has 0 amide bonds. The third-order valence-electron chi connectivity index (χ3n) is 3.19. The van der Waals surface area contributed by atoms with Crippen LogP contribution < -0.4 is 16.0 Å². The van der Waals surface area contributed by atoms with E-state index >= 15 is 0 Å². The third kappa shape index (κ3) is 2.80. The Labute approximate surface area is 127 Å². The lowest BCUT2D eigenvalue weighted by Gasteiger charge is -2.11. The van der Waals surface area contributed by atoms with E-state index in [1.54, 1.807) is 26.0 Å². The normalized spacial score (nSPS) is 11.5. The molecule has 0 aliphatic rings. The Hall–Kier alpha value is -2.42. The monoisotopic (exact) mass is 324 g/mol. The number of aromatic nitrogens is 3. The van der Waals surface area contributed by atoms with Crippen molar-refractivity contribution in [2.24, 2.45) is 14.1 Å². The van der Waals surface area contributed by atoms with Crippen LogP contribution in [0.1, 0.15) is 11.1 Å². The number of sulfonamides is 1. The molecule has 0 fully saturated rings. The molecule has 0 unspecified atom stereocenters. The molecule has 0 bridgehead atoms. The maximum atomic E-state index is 12.4. The maximum absolute atomic E-state index is 12.4. The van der Waals surface area contributed by atoms with Gasteiger partial charge >= 0.3 is 5.69 Å². The van der Waals surface area contributed by atoms with E-state index < -0.39 is 27.1 Å². The van der Waals surface area contributed by atoms with Gasteiger partial charge in [0.2, 0.25) is 5.82 Å². The smallest absolute Gasteiger partial charge is 0.265 e. The summed E-state index contributed by atoms with van der Waals surface area (Å²) in [7, 11) is -1.39. The summed E-state index contributed by atoms with van der Waals surface area (Å²) in [6.45, 7) is 3.42. The number of hydrogen-bond donors (Lipinski definition) is 1. The fourth-order valence-electron chi connectivity index (χ4n) is 1.94. The molecule has 1 aromatic heterocycles. The zero-order chi connectivity index (χ0) is 16.7. The Morgan fingerprint density at radius 1 is 1.14 bits per heavy atom. The lowest BCUT2D eigenvalue weighted by molar-refractivity contribution is 0.593. The molecule has 8 nitrogen and oxygen atoms in total. The molecule has 0 aliphatic carbocycles. The lowest BCUT2D eigenvalue weighted by atomic mass is 10.2. The number of anilines is 1. The first kappa shape index (κ1) is 16.0. The van der Waals surface area contributed by atoms with Gasteiger partial charge in [0, 0.05) is 14.1 Å².